The molecule has 4 heteroatoms. The first-order valence-corrected chi connectivity index (χ1v) is 15.7. The summed E-state index contributed by atoms with van der Waals surface area (Å²) in [6.45, 7) is 0. The second kappa shape index (κ2) is 11.2. The van der Waals surface area contributed by atoms with Gasteiger partial charge in [-0.25, -0.2) is 15.0 Å². The van der Waals surface area contributed by atoms with Gasteiger partial charge in [0, 0.05) is 27.5 Å². The average Bonchev–Trinajstić information content (AvgIpc) is 3.55. The predicted molar refractivity (Wildman–Crippen MR) is 192 cm³/mol. The third-order valence-corrected chi connectivity index (χ3v) is 8.73. The second-order valence-electron chi connectivity index (χ2n) is 11.6. The molecule has 0 atom stereocenters. The third kappa shape index (κ3) is 4.75. The van der Waals surface area contributed by atoms with Crippen LogP contribution in [0.2, 0.25) is 0 Å². The van der Waals surface area contributed by atoms with Crippen LogP contribution in [0.4, 0.5) is 0 Å². The number of rotatable bonds is 5. The van der Waals surface area contributed by atoms with E-state index < -0.39 is 0 Å². The first-order chi connectivity index (χ1) is 23.3. The summed E-state index contributed by atoms with van der Waals surface area (Å²) in [5.74, 6) is 1.86. The van der Waals surface area contributed by atoms with Gasteiger partial charge >= 0.3 is 0 Å². The minimum absolute atomic E-state index is 0.606. The smallest absolute Gasteiger partial charge is 0.164 e. The van der Waals surface area contributed by atoms with E-state index in [1.165, 1.54) is 11.1 Å². The number of nitrogens with zero attached hydrogens (tertiary/aromatic N) is 3. The Morgan fingerprint density at radius 2 is 0.851 bits per heavy atom. The first kappa shape index (κ1) is 27.0. The van der Waals surface area contributed by atoms with Crippen molar-refractivity contribution in [1.29, 1.82) is 0 Å². The Hall–Kier alpha value is -6.39. The normalized spacial score (nSPS) is 11.4. The number of furan rings is 1. The highest BCUT2D eigenvalue weighted by atomic mass is 16.3. The minimum atomic E-state index is 0.606. The molecule has 0 spiro atoms. The molecule has 0 fully saturated rings. The highest BCUT2D eigenvalue weighted by molar-refractivity contribution is 6.25. The van der Waals surface area contributed by atoms with Crippen LogP contribution in [-0.2, 0) is 0 Å². The molecule has 0 amide bonds. The van der Waals surface area contributed by atoms with Crippen molar-refractivity contribution in [1.82, 2.24) is 15.0 Å². The van der Waals surface area contributed by atoms with Crippen LogP contribution in [0.15, 0.2) is 168 Å². The van der Waals surface area contributed by atoms with Crippen molar-refractivity contribution < 1.29 is 4.42 Å². The summed E-state index contributed by atoms with van der Waals surface area (Å²) in [6, 6.07) is 56.3. The van der Waals surface area contributed by atoms with Crippen LogP contribution in [0.5, 0.6) is 0 Å². The highest BCUT2D eigenvalue weighted by Gasteiger charge is 2.21. The van der Waals surface area contributed by atoms with Gasteiger partial charge in [0.25, 0.3) is 0 Å². The molecule has 0 aliphatic rings. The van der Waals surface area contributed by atoms with Gasteiger partial charge in [-0.1, -0.05) is 146 Å². The lowest BCUT2D eigenvalue weighted by molar-refractivity contribution is 0.669. The first-order valence-electron chi connectivity index (χ1n) is 15.7. The maximum absolute atomic E-state index is 6.66. The molecule has 2 aromatic heterocycles. The van der Waals surface area contributed by atoms with Crippen molar-refractivity contribution in [3.63, 3.8) is 0 Å². The van der Waals surface area contributed by atoms with Crippen LogP contribution in [0.1, 0.15) is 0 Å². The van der Waals surface area contributed by atoms with Crippen LogP contribution in [-0.4, -0.2) is 15.0 Å². The van der Waals surface area contributed by atoms with E-state index in [4.69, 9.17) is 19.4 Å². The van der Waals surface area contributed by atoms with Crippen molar-refractivity contribution in [2.45, 2.75) is 0 Å². The van der Waals surface area contributed by atoms with Crippen molar-refractivity contribution in [2.75, 3.05) is 0 Å². The molecule has 0 unspecified atom stereocenters. The maximum Gasteiger partial charge on any atom is 0.164 e. The lowest BCUT2D eigenvalue weighted by atomic mass is 9.92. The molecule has 7 aromatic carbocycles. The van der Waals surface area contributed by atoms with E-state index in [9.17, 15) is 0 Å². The fraction of sp³-hybridized carbons (Fsp3) is 0. The van der Waals surface area contributed by atoms with Crippen LogP contribution < -0.4 is 0 Å². The highest BCUT2D eigenvalue weighted by Crippen LogP contribution is 2.43. The number of aromatic nitrogens is 3. The van der Waals surface area contributed by atoms with E-state index >= 15 is 0 Å². The monoisotopic (exact) mass is 601 g/mol. The lowest BCUT2D eigenvalue weighted by Crippen LogP contribution is -2.00. The molecular weight excluding hydrogens is 574 g/mol. The Morgan fingerprint density at radius 1 is 0.319 bits per heavy atom. The van der Waals surface area contributed by atoms with Gasteiger partial charge in [-0.05, 0) is 51.2 Å². The molecule has 0 bridgehead atoms. The van der Waals surface area contributed by atoms with E-state index in [-0.39, 0.29) is 0 Å². The summed E-state index contributed by atoms with van der Waals surface area (Å²) in [6.07, 6.45) is 0. The largest absolute Gasteiger partial charge is 0.456 e. The number of benzene rings is 7. The van der Waals surface area contributed by atoms with E-state index in [0.29, 0.717) is 17.5 Å². The van der Waals surface area contributed by atoms with E-state index in [1.54, 1.807) is 0 Å². The molecule has 9 rings (SSSR count). The molecule has 2 heterocycles. The van der Waals surface area contributed by atoms with Gasteiger partial charge in [-0.3, -0.25) is 0 Å². The summed E-state index contributed by atoms with van der Waals surface area (Å²) in [4.78, 5) is 15.0. The van der Waals surface area contributed by atoms with Gasteiger partial charge in [0.05, 0.1) is 0 Å². The van der Waals surface area contributed by atoms with E-state index in [2.05, 4.69) is 84.9 Å². The molecular formula is C43H27N3O. The molecule has 9 aromatic rings. The van der Waals surface area contributed by atoms with Gasteiger partial charge in [-0.15, -0.1) is 0 Å². The Balaban J connectivity index is 1.29. The maximum atomic E-state index is 6.66. The molecule has 47 heavy (non-hydrogen) atoms. The fourth-order valence-corrected chi connectivity index (χ4v) is 6.53. The molecule has 4 nitrogen and oxygen atoms in total. The van der Waals surface area contributed by atoms with Crippen LogP contribution in [0.25, 0.3) is 89.1 Å². The quantitative estimate of drug-likeness (QED) is 0.197. The number of hydrogen-bond donors (Lipinski definition) is 0. The zero-order valence-corrected chi connectivity index (χ0v) is 25.3. The number of fused-ring (bicyclic) bond motifs is 5. The molecule has 0 aliphatic heterocycles. The standard InChI is InChI=1S/C43H27N3O/c1-4-14-28(15-5-1)31-20-12-21-32(26-31)36-27-38-39(34-23-11-10-22-33(34)36)40-35(24-13-25-37(40)47-38)43-45-41(29-16-6-2-7-17-29)44-42(46-43)30-18-8-3-9-19-30/h1-27H. The topological polar surface area (TPSA) is 51.8 Å². The molecule has 220 valence electrons. The van der Waals surface area contributed by atoms with Crippen LogP contribution in [0, 0.1) is 0 Å². The van der Waals surface area contributed by atoms with Gasteiger partial charge in [-0.2, -0.15) is 0 Å². The zero-order chi connectivity index (χ0) is 31.2. The Bertz CT molecular complexity index is 2500. The lowest BCUT2D eigenvalue weighted by Gasteiger charge is -2.11. The Labute approximate surface area is 271 Å². The van der Waals surface area contributed by atoms with Gasteiger partial charge in [0.1, 0.15) is 11.2 Å². The molecule has 0 saturated carbocycles. The molecule has 0 aliphatic carbocycles. The van der Waals surface area contributed by atoms with Crippen LogP contribution >= 0.6 is 0 Å². The molecule has 0 radical (unpaired) electrons. The van der Waals surface area contributed by atoms with Crippen LogP contribution in [0.3, 0.4) is 0 Å². The third-order valence-electron chi connectivity index (χ3n) is 8.73. The summed E-state index contributed by atoms with van der Waals surface area (Å²) >= 11 is 0. The minimum Gasteiger partial charge on any atom is -0.456 e. The van der Waals surface area contributed by atoms with E-state index in [1.807, 2.05) is 78.9 Å². The Morgan fingerprint density at radius 3 is 1.53 bits per heavy atom. The van der Waals surface area contributed by atoms with Crippen molar-refractivity contribution in [3.05, 3.63) is 164 Å². The summed E-state index contributed by atoms with van der Waals surface area (Å²) in [5, 5.41) is 4.33. The Kier molecular flexibility index (Phi) is 6.43. The summed E-state index contributed by atoms with van der Waals surface area (Å²) < 4.78 is 6.66. The summed E-state index contributed by atoms with van der Waals surface area (Å²) in [5.41, 5.74) is 9.03. The van der Waals surface area contributed by atoms with Crippen molar-refractivity contribution in [2.24, 2.45) is 0 Å². The van der Waals surface area contributed by atoms with Gasteiger partial charge < -0.3 is 4.42 Å². The zero-order valence-electron chi connectivity index (χ0n) is 25.3. The summed E-state index contributed by atoms with van der Waals surface area (Å²) in [7, 11) is 0. The van der Waals surface area contributed by atoms with Gasteiger partial charge in [0.15, 0.2) is 17.5 Å². The van der Waals surface area contributed by atoms with Gasteiger partial charge in [0.2, 0.25) is 0 Å². The van der Waals surface area contributed by atoms with Crippen molar-refractivity contribution >= 4 is 32.7 Å². The predicted octanol–water partition coefficient (Wildman–Crippen LogP) is 11.3. The fourth-order valence-electron chi connectivity index (χ4n) is 6.53. The molecule has 0 saturated heterocycles. The average molecular weight is 602 g/mol. The number of hydrogen-bond acceptors (Lipinski definition) is 4. The van der Waals surface area contributed by atoms with Crippen molar-refractivity contribution in [3.8, 4) is 56.4 Å². The second-order valence-corrected chi connectivity index (χ2v) is 11.6. The van der Waals surface area contributed by atoms with E-state index in [0.717, 1.165) is 60.5 Å². The SMILES string of the molecule is c1ccc(-c2cccc(-c3cc4oc5cccc(-c6nc(-c7ccccc7)nc(-c7ccccc7)n6)c5c4c4ccccc34)c2)cc1. The molecule has 0 N–H and O–H groups in total.